The predicted molar refractivity (Wildman–Crippen MR) is 37.7 cm³/mol. The van der Waals surface area contributed by atoms with Gasteiger partial charge in [0, 0.05) is 0 Å². The second kappa shape index (κ2) is 2.25. The smallest absolute Gasteiger partial charge is 0.000517 e. The summed E-state index contributed by atoms with van der Waals surface area (Å²) in [6.07, 6.45) is 1.14. The van der Waals surface area contributed by atoms with E-state index in [1.165, 1.54) is 0 Å². The third-order valence-electron chi connectivity index (χ3n) is 2.46. The number of nitrogens with two attached hydrogens (primary N) is 3. The molecule has 1 rings (SSSR count). The molecule has 54 valence electrons. The Balaban J connectivity index is 2.37. The van der Waals surface area contributed by atoms with E-state index in [9.17, 15) is 0 Å². The van der Waals surface area contributed by atoms with Gasteiger partial charge in [-0.05, 0) is 37.4 Å². The van der Waals surface area contributed by atoms with Crippen LogP contribution >= 0.6 is 0 Å². The monoisotopic (exact) mass is 129 g/mol. The third-order valence-corrected chi connectivity index (χ3v) is 2.46. The van der Waals surface area contributed by atoms with Gasteiger partial charge in [-0.1, -0.05) is 0 Å². The molecular weight excluding hydrogens is 114 g/mol. The van der Waals surface area contributed by atoms with E-state index >= 15 is 0 Å². The van der Waals surface area contributed by atoms with Crippen LogP contribution in [0.2, 0.25) is 0 Å². The van der Waals surface area contributed by atoms with Gasteiger partial charge in [0.25, 0.3) is 0 Å². The van der Waals surface area contributed by atoms with E-state index < -0.39 is 0 Å². The van der Waals surface area contributed by atoms with Crippen molar-refractivity contribution in [1.82, 2.24) is 0 Å². The molecule has 0 aromatic carbocycles. The summed E-state index contributed by atoms with van der Waals surface area (Å²) in [6, 6.07) is 0. The molecule has 1 unspecified atom stereocenters. The number of rotatable bonds is 3. The molecule has 6 N–H and O–H groups in total. The molecule has 1 aliphatic rings. The van der Waals surface area contributed by atoms with Gasteiger partial charge in [0.1, 0.15) is 0 Å². The maximum absolute atomic E-state index is 5.51. The fraction of sp³-hybridized carbons (Fsp3) is 1.00. The summed E-state index contributed by atoms with van der Waals surface area (Å²) in [5.74, 6) is 0.604. The van der Waals surface area contributed by atoms with Crippen LogP contribution in [-0.4, -0.2) is 19.6 Å². The average Bonchev–Trinajstić information content (AvgIpc) is 2.63. The van der Waals surface area contributed by atoms with Crippen molar-refractivity contribution in [2.75, 3.05) is 19.6 Å². The first-order chi connectivity index (χ1) is 4.29. The minimum absolute atomic E-state index is 0.231. The first-order valence-electron chi connectivity index (χ1n) is 3.39. The largest absolute Gasteiger partial charge is 0.330 e. The Morgan fingerprint density at radius 2 is 1.78 bits per heavy atom. The quantitative estimate of drug-likeness (QED) is 0.451. The van der Waals surface area contributed by atoms with Gasteiger partial charge < -0.3 is 17.2 Å². The van der Waals surface area contributed by atoms with Crippen LogP contribution in [0, 0.1) is 11.3 Å². The second-order valence-electron chi connectivity index (χ2n) is 2.91. The summed E-state index contributed by atoms with van der Waals surface area (Å²) < 4.78 is 0. The van der Waals surface area contributed by atoms with E-state index in [1.54, 1.807) is 0 Å². The number of hydrogen-bond acceptors (Lipinski definition) is 3. The van der Waals surface area contributed by atoms with Crippen LogP contribution in [0.15, 0.2) is 0 Å². The van der Waals surface area contributed by atoms with Gasteiger partial charge in [-0.25, -0.2) is 0 Å². The molecule has 1 fully saturated rings. The van der Waals surface area contributed by atoms with Crippen molar-refractivity contribution in [3.8, 4) is 0 Å². The fourth-order valence-electron chi connectivity index (χ4n) is 1.35. The number of hydrogen-bond donors (Lipinski definition) is 3. The van der Waals surface area contributed by atoms with Crippen LogP contribution in [0.25, 0.3) is 0 Å². The lowest BCUT2D eigenvalue weighted by Gasteiger charge is -2.09. The molecule has 0 heterocycles. The summed E-state index contributed by atoms with van der Waals surface area (Å²) in [6.45, 7) is 2.14. The highest BCUT2D eigenvalue weighted by atomic mass is 14.8. The lowest BCUT2D eigenvalue weighted by molar-refractivity contribution is 0.480. The molecular formula is C6H15N3. The van der Waals surface area contributed by atoms with E-state index in [1.807, 2.05) is 0 Å². The molecule has 0 aromatic heterocycles. The standard InChI is InChI=1S/C6H15N3/c7-2-5-1-6(5,3-8)4-9/h5H,1-4,7-9H2. The zero-order chi connectivity index (χ0) is 6.91. The third kappa shape index (κ3) is 0.956. The van der Waals surface area contributed by atoms with Crippen LogP contribution in [-0.2, 0) is 0 Å². The van der Waals surface area contributed by atoms with Crippen molar-refractivity contribution in [3.63, 3.8) is 0 Å². The maximum atomic E-state index is 5.51. The molecule has 0 aromatic rings. The molecule has 3 nitrogen and oxygen atoms in total. The van der Waals surface area contributed by atoms with E-state index in [2.05, 4.69) is 0 Å². The molecule has 1 saturated carbocycles. The highest BCUT2D eigenvalue weighted by Crippen LogP contribution is 2.49. The topological polar surface area (TPSA) is 78.1 Å². The molecule has 0 aliphatic heterocycles. The van der Waals surface area contributed by atoms with Gasteiger partial charge in [0.15, 0.2) is 0 Å². The van der Waals surface area contributed by atoms with Crippen molar-refractivity contribution in [1.29, 1.82) is 0 Å². The highest BCUT2D eigenvalue weighted by molar-refractivity contribution is 5.03. The van der Waals surface area contributed by atoms with E-state index in [4.69, 9.17) is 17.2 Å². The van der Waals surface area contributed by atoms with Crippen molar-refractivity contribution in [3.05, 3.63) is 0 Å². The van der Waals surface area contributed by atoms with Crippen LogP contribution < -0.4 is 17.2 Å². The van der Waals surface area contributed by atoms with Crippen LogP contribution in [0.3, 0.4) is 0 Å². The summed E-state index contributed by atoms with van der Waals surface area (Å²) in [7, 11) is 0. The molecule has 9 heavy (non-hydrogen) atoms. The minimum atomic E-state index is 0.231. The highest BCUT2D eigenvalue weighted by Gasteiger charge is 2.50. The normalized spacial score (nSPS) is 30.3. The van der Waals surface area contributed by atoms with Crippen molar-refractivity contribution in [2.45, 2.75) is 6.42 Å². The van der Waals surface area contributed by atoms with Gasteiger partial charge in [0.05, 0.1) is 0 Å². The van der Waals surface area contributed by atoms with Crippen LogP contribution in [0.4, 0.5) is 0 Å². The van der Waals surface area contributed by atoms with E-state index in [0.29, 0.717) is 19.0 Å². The molecule has 0 spiro atoms. The predicted octanol–water partition coefficient (Wildman–Crippen LogP) is -1.13. The second-order valence-corrected chi connectivity index (χ2v) is 2.91. The Labute approximate surface area is 55.6 Å². The minimum Gasteiger partial charge on any atom is -0.330 e. The summed E-state index contributed by atoms with van der Waals surface area (Å²) in [4.78, 5) is 0. The lowest BCUT2D eigenvalue weighted by Crippen LogP contribution is -2.28. The Morgan fingerprint density at radius 1 is 1.22 bits per heavy atom. The van der Waals surface area contributed by atoms with Crippen molar-refractivity contribution < 1.29 is 0 Å². The van der Waals surface area contributed by atoms with Gasteiger partial charge in [-0.15, -0.1) is 0 Å². The van der Waals surface area contributed by atoms with Crippen LogP contribution in [0.5, 0.6) is 0 Å². The summed E-state index contributed by atoms with van der Waals surface area (Å²) in [5.41, 5.74) is 16.7. The first-order valence-corrected chi connectivity index (χ1v) is 3.39. The van der Waals surface area contributed by atoms with Gasteiger partial charge in [0.2, 0.25) is 0 Å². The Bertz CT molecular complexity index is 98.5. The fourth-order valence-corrected chi connectivity index (χ4v) is 1.35. The Morgan fingerprint density at radius 3 is 1.89 bits per heavy atom. The zero-order valence-corrected chi connectivity index (χ0v) is 5.64. The lowest BCUT2D eigenvalue weighted by atomic mass is 10.1. The van der Waals surface area contributed by atoms with Crippen molar-refractivity contribution >= 4 is 0 Å². The molecule has 1 atom stereocenters. The molecule has 1 aliphatic carbocycles. The van der Waals surface area contributed by atoms with Gasteiger partial charge >= 0.3 is 0 Å². The van der Waals surface area contributed by atoms with E-state index in [-0.39, 0.29) is 5.41 Å². The zero-order valence-electron chi connectivity index (χ0n) is 5.64. The Hall–Kier alpha value is -0.120. The van der Waals surface area contributed by atoms with Gasteiger partial charge in [-0.2, -0.15) is 0 Å². The van der Waals surface area contributed by atoms with Crippen molar-refractivity contribution in [2.24, 2.45) is 28.5 Å². The molecule has 0 saturated heterocycles. The summed E-state index contributed by atoms with van der Waals surface area (Å²) in [5, 5.41) is 0. The molecule has 0 amide bonds. The maximum Gasteiger partial charge on any atom is -0.000517 e. The first kappa shape index (κ1) is 6.99. The average molecular weight is 129 g/mol. The van der Waals surface area contributed by atoms with E-state index in [0.717, 1.165) is 13.0 Å². The van der Waals surface area contributed by atoms with Crippen LogP contribution in [0.1, 0.15) is 6.42 Å². The van der Waals surface area contributed by atoms with Gasteiger partial charge in [-0.3, -0.25) is 0 Å². The molecule has 0 bridgehead atoms. The Kier molecular flexibility index (Phi) is 1.75. The SMILES string of the molecule is NCC1CC1(CN)CN. The molecule has 0 radical (unpaired) electrons. The summed E-state index contributed by atoms with van der Waals surface area (Å²) >= 11 is 0. The molecule has 3 heteroatoms.